The van der Waals surface area contributed by atoms with E-state index in [4.69, 9.17) is 4.74 Å². The fourth-order valence-electron chi connectivity index (χ4n) is 4.07. The molecule has 25 heavy (non-hydrogen) atoms. The smallest absolute Gasteiger partial charge is 0.275 e. The third-order valence-electron chi connectivity index (χ3n) is 5.78. The van der Waals surface area contributed by atoms with E-state index in [-0.39, 0.29) is 5.91 Å². The third-order valence-corrected chi connectivity index (χ3v) is 5.78. The van der Waals surface area contributed by atoms with Gasteiger partial charge < -0.3 is 19.9 Å². The van der Waals surface area contributed by atoms with Crippen molar-refractivity contribution >= 4 is 11.6 Å². The normalized spacial score (nSPS) is 24.8. The zero-order valence-corrected chi connectivity index (χ0v) is 15.6. The minimum absolute atomic E-state index is 0.228. The van der Waals surface area contributed by atoms with Crippen LogP contribution in [0.25, 0.3) is 0 Å². The molecule has 1 saturated heterocycles. The highest BCUT2D eigenvalue weighted by Crippen LogP contribution is 2.23. The first-order valence-electron chi connectivity index (χ1n) is 9.67. The zero-order chi connectivity index (χ0) is 17.6. The Labute approximate surface area is 151 Å². The molecule has 0 spiro atoms. The van der Waals surface area contributed by atoms with E-state index >= 15 is 0 Å². The highest BCUT2D eigenvalue weighted by Gasteiger charge is 2.26. The number of piperazine rings is 1. The second-order valence-electron chi connectivity index (χ2n) is 7.55. The first-order valence-corrected chi connectivity index (χ1v) is 9.67. The maximum atomic E-state index is 12.4. The summed E-state index contributed by atoms with van der Waals surface area (Å²) in [4.78, 5) is 16.2. The van der Waals surface area contributed by atoms with Gasteiger partial charge in [0.1, 0.15) is 5.75 Å². The summed E-state index contributed by atoms with van der Waals surface area (Å²) >= 11 is 0. The molecule has 1 aliphatic heterocycles. The molecular weight excluding hydrogens is 314 g/mol. The molecule has 2 fully saturated rings. The van der Waals surface area contributed by atoms with E-state index in [1.54, 1.807) is 7.11 Å². The SMILES string of the molecule is COc1ccc(N2CC[NH+](CC(=O)N[C@@H]3CCCC[C@@H]3C)CC2)cc1. The molecule has 0 bridgehead atoms. The molecule has 1 amide bonds. The third kappa shape index (κ3) is 4.88. The Hall–Kier alpha value is -1.75. The lowest BCUT2D eigenvalue weighted by Gasteiger charge is -2.34. The molecule has 0 radical (unpaired) electrons. The van der Waals surface area contributed by atoms with Crippen LogP contribution in [0.2, 0.25) is 0 Å². The lowest BCUT2D eigenvalue weighted by atomic mass is 9.86. The van der Waals surface area contributed by atoms with Gasteiger partial charge >= 0.3 is 0 Å². The van der Waals surface area contributed by atoms with Gasteiger partial charge in [0.15, 0.2) is 6.54 Å². The number of amides is 1. The number of carbonyl (C=O) groups is 1. The highest BCUT2D eigenvalue weighted by molar-refractivity contribution is 5.77. The summed E-state index contributed by atoms with van der Waals surface area (Å²) in [6, 6.07) is 8.63. The van der Waals surface area contributed by atoms with Crippen molar-refractivity contribution in [3.8, 4) is 5.75 Å². The van der Waals surface area contributed by atoms with Crippen LogP contribution >= 0.6 is 0 Å². The van der Waals surface area contributed by atoms with Crippen molar-refractivity contribution in [3.63, 3.8) is 0 Å². The van der Waals surface area contributed by atoms with Crippen LogP contribution in [0.4, 0.5) is 5.69 Å². The molecule has 1 saturated carbocycles. The van der Waals surface area contributed by atoms with Crippen LogP contribution < -0.4 is 19.9 Å². The Morgan fingerprint density at radius 1 is 1.20 bits per heavy atom. The van der Waals surface area contributed by atoms with Crippen molar-refractivity contribution in [1.82, 2.24) is 5.32 Å². The summed E-state index contributed by atoms with van der Waals surface area (Å²) < 4.78 is 5.22. The summed E-state index contributed by atoms with van der Waals surface area (Å²) in [6.07, 6.45) is 4.96. The second-order valence-corrected chi connectivity index (χ2v) is 7.55. The fraction of sp³-hybridized carbons (Fsp3) is 0.650. The molecule has 5 heteroatoms. The number of methoxy groups -OCH3 is 1. The molecule has 2 N–H and O–H groups in total. The second kappa shape index (κ2) is 8.56. The first-order chi connectivity index (χ1) is 12.2. The quantitative estimate of drug-likeness (QED) is 0.839. The number of ether oxygens (including phenoxy) is 1. The van der Waals surface area contributed by atoms with E-state index in [0.717, 1.165) is 38.3 Å². The fourth-order valence-corrected chi connectivity index (χ4v) is 4.07. The summed E-state index contributed by atoms with van der Waals surface area (Å²) in [5.41, 5.74) is 1.24. The van der Waals surface area contributed by atoms with Gasteiger partial charge in [0.2, 0.25) is 0 Å². The van der Waals surface area contributed by atoms with Gasteiger partial charge in [-0.15, -0.1) is 0 Å². The van der Waals surface area contributed by atoms with E-state index in [1.807, 2.05) is 12.1 Å². The van der Waals surface area contributed by atoms with Crippen molar-refractivity contribution in [1.29, 1.82) is 0 Å². The number of quaternary nitrogens is 1. The molecular formula is C20H32N3O2+. The summed E-state index contributed by atoms with van der Waals surface area (Å²) in [5.74, 6) is 1.74. The highest BCUT2D eigenvalue weighted by atomic mass is 16.5. The van der Waals surface area contributed by atoms with Crippen molar-refractivity contribution in [2.75, 3.05) is 44.7 Å². The summed E-state index contributed by atoms with van der Waals surface area (Å²) in [5, 5.41) is 3.28. The van der Waals surface area contributed by atoms with Crippen molar-refractivity contribution in [2.24, 2.45) is 5.92 Å². The summed E-state index contributed by atoms with van der Waals surface area (Å²) in [7, 11) is 1.69. The van der Waals surface area contributed by atoms with Gasteiger partial charge in [0.05, 0.1) is 33.3 Å². The molecule has 2 atom stereocenters. The van der Waals surface area contributed by atoms with Crippen molar-refractivity contribution in [2.45, 2.75) is 38.6 Å². The number of rotatable bonds is 5. The van der Waals surface area contributed by atoms with Crippen molar-refractivity contribution < 1.29 is 14.4 Å². The summed E-state index contributed by atoms with van der Waals surface area (Å²) in [6.45, 7) is 6.90. The standard InChI is InChI=1S/C20H31N3O2/c1-16-5-3-4-6-19(16)21-20(24)15-22-11-13-23(14-12-22)17-7-9-18(25-2)10-8-17/h7-10,16,19H,3-6,11-15H2,1-2H3,(H,21,24)/p+1/t16-,19+/m0/s1. The Morgan fingerprint density at radius 2 is 1.88 bits per heavy atom. The predicted molar refractivity (Wildman–Crippen MR) is 100 cm³/mol. The molecule has 2 aliphatic rings. The van der Waals surface area contributed by atoms with Gasteiger partial charge in [0.25, 0.3) is 5.91 Å². The van der Waals surface area contributed by atoms with Gasteiger partial charge in [-0.05, 0) is 43.0 Å². The monoisotopic (exact) mass is 346 g/mol. The molecule has 5 nitrogen and oxygen atoms in total. The number of hydrogen-bond acceptors (Lipinski definition) is 3. The number of carbonyl (C=O) groups excluding carboxylic acids is 1. The van der Waals surface area contributed by atoms with E-state index in [2.05, 4.69) is 29.3 Å². The van der Waals surface area contributed by atoms with Crippen LogP contribution in [0.5, 0.6) is 5.75 Å². The molecule has 3 rings (SSSR count). The lowest BCUT2D eigenvalue weighted by Crippen LogP contribution is -3.16. The minimum atomic E-state index is 0.228. The van der Waals surface area contributed by atoms with Crippen LogP contribution in [-0.2, 0) is 4.79 Å². The lowest BCUT2D eigenvalue weighted by molar-refractivity contribution is -0.892. The number of nitrogens with one attached hydrogen (secondary N) is 2. The topological polar surface area (TPSA) is 46.0 Å². The Balaban J connectivity index is 1.43. The minimum Gasteiger partial charge on any atom is -0.497 e. The Morgan fingerprint density at radius 3 is 2.52 bits per heavy atom. The molecule has 1 aliphatic carbocycles. The van der Waals surface area contributed by atoms with Gasteiger partial charge in [-0.1, -0.05) is 19.8 Å². The number of anilines is 1. The van der Waals surface area contributed by atoms with Crippen LogP contribution in [0.3, 0.4) is 0 Å². The number of hydrogen-bond donors (Lipinski definition) is 2. The Kier molecular flexibility index (Phi) is 6.19. The molecule has 138 valence electrons. The average molecular weight is 346 g/mol. The van der Waals surface area contributed by atoms with E-state index in [0.29, 0.717) is 18.5 Å². The van der Waals surface area contributed by atoms with E-state index in [1.165, 1.54) is 29.8 Å². The maximum absolute atomic E-state index is 12.4. The van der Waals surface area contributed by atoms with Gasteiger partial charge in [0, 0.05) is 11.7 Å². The number of nitrogens with zero attached hydrogens (tertiary/aromatic N) is 1. The molecule has 0 aromatic heterocycles. The van der Waals surface area contributed by atoms with Gasteiger partial charge in [-0.2, -0.15) is 0 Å². The largest absolute Gasteiger partial charge is 0.497 e. The zero-order valence-electron chi connectivity index (χ0n) is 15.6. The van der Waals surface area contributed by atoms with E-state index in [9.17, 15) is 4.79 Å². The van der Waals surface area contributed by atoms with Crippen LogP contribution in [0.15, 0.2) is 24.3 Å². The molecule has 1 aromatic carbocycles. The predicted octanol–water partition coefficient (Wildman–Crippen LogP) is 1.10. The van der Waals surface area contributed by atoms with Crippen LogP contribution in [0, 0.1) is 5.92 Å². The van der Waals surface area contributed by atoms with Crippen LogP contribution in [-0.4, -0.2) is 51.8 Å². The molecule has 0 unspecified atom stereocenters. The average Bonchev–Trinajstić information content (AvgIpc) is 2.64. The Bertz CT molecular complexity index is 553. The van der Waals surface area contributed by atoms with Crippen molar-refractivity contribution in [3.05, 3.63) is 24.3 Å². The first kappa shape index (κ1) is 18.1. The maximum Gasteiger partial charge on any atom is 0.275 e. The van der Waals surface area contributed by atoms with Gasteiger partial charge in [-0.25, -0.2) is 0 Å². The van der Waals surface area contributed by atoms with Crippen LogP contribution in [0.1, 0.15) is 32.6 Å². The molecule has 1 heterocycles. The van der Waals surface area contributed by atoms with E-state index < -0.39 is 0 Å². The molecule has 1 aromatic rings. The number of benzene rings is 1. The van der Waals surface area contributed by atoms with Gasteiger partial charge in [-0.3, -0.25) is 4.79 Å².